The first-order valence-electron chi connectivity index (χ1n) is 14.1. The number of aliphatic hydroxyl groups is 1. The average molecular weight is 566 g/mol. The summed E-state index contributed by atoms with van der Waals surface area (Å²) in [5.74, 6) is -1.09. The zero-order chi connectivity index (χ0) is 29.4. The van der Waals surface area contributed by atoms with Crippen LogP contribution in [0.1, 0.15) is 43.7 Å². The molecule has 1 saturated heterocycles. The number of hydrogen-bond acceptors (Lipinski definition) is 7. The van der Waals surface area contributed by atoms with Crippen LogP contribution in [-0.4, -0.2) is 72.7 Å². The topological polar surface area (TPSA) is 146 Å². The molecule has 10 heteroatoms. The molecule has 10 nitrogen and oxygen atoms in total. The summed E-state index contributed by atoms with van der Waals surface area (Å²) in [7, 11) is 1.56. The largest absolute Gasteiger partial charge is 0.497 e. The molecule has 4 N–H and O–H groups in total. The lowest BCUT2D eigenvalue weighted by Crippen LogP contribution is -2.56. The lowest BCUT2D eigenvalue weighted by molar-refractivity contribution is -0.134. The van der Waals surface area contributed by atoms with Crippen LogP contribution in [0, 0.1) is 5.92 Å². The predicted molar refractivity (Wildman–Crippen MR) is 151 cm³/mol. The van der Waals surface area contributed by atoms with Crippen molar-refractivity contribution in [2.45, 2.75) is 75.8 Å². The van der Waals surface area contributed by atoms with Gasteiger partial charge in [0.05, 0.1) is 25.9 Å². The van der Waals surface area contributed by atoms with Gasteiger partial charge >= 0.3 is 0 Å². The van der Waals surface area contributed by atoms with Crippen molar-refractivity contribution in [2.24, 2.45) is 5.92 Å². The van der Waals surface area contributed by atoms with Crippen molar-refractivity contribution in [3.05, 3.63) is 65.7 Å². The van der Waals surface area contributed by atoms with Crippen LogP contribution < -0.4 is 20.7 Å². The van der Waals surface area contributed by atoms with Gasteiger partial charge in [-0.2, -0.15) is 0 Å². The fourth-order valence-corrected chi connectivity index (χ4v) is 5.02. The van der Waals surface area contributed by atoms with Crippen LogP contribution in [0.2, 0.25) is 0 Å². The Morgan fingerprint density at radius 3 is 2.05 bits per heavy atom. The number of ketones is 1. The van der Waals surface area contributed by atoms with E-state index in [9.17, 15) is 24.3 Å². The minimum Gasteiger partial charge on any atom is -0.497 e. The lowest BCUT2D eigenvalue weighted by Gasteiger charge is -2.27. The standard InChI is InChI=1S/C31H39N3O7/c1-19(32-30(38)22-10-12-23(35)13-11-22)29(37)34-26(17-21-8-14-24(40-2)15-9-21)31(39)33-25(28(36)27-18-41-27)16-20-6-4-3-5-7-20/h3-9,14-15,19,22-23,25-27,35H,10-13,16-18H2,1-2H3,(H,32,38)(H,33,39)(H,34,37)/t19-,22?,23?,25+,26+,27-/m1/s1. The zero-order valence-electron chi connectivity index (χ0n) is 23.5. The van der Waals surface area contributed by atoms with E-state index in [1.807, 2.05) is 30.3 Å². The van der Waals surface area contributed by atoms with Gasteiger partial charge in [0.2, 0.25) is 17.7 Å². The van der Waals surface area contributed by atoms with Crippen LogP contribution in [0.4, 0.5) is 0 Å². The Bertz CT molecular complexity index is 1190. The van der Waals surface area contributed by atoms with E-state index < -0.39 is 36.0 Å². The van der Waals surface area contributed by atoms with Crippen LogP contribution in [0.5, 0.6) is 5.75 Å². The Hall–Kier alpha value is -3.76. The van der Waals surface area contributed by atoms with Gasteiger partial charge in [-0.3, -0.25) is 19.2 Å². The molecule has 1 heterocycles. The number of hydrogen-bond donors (Lipinski definition) is 4. The number of carbonyl (C=O) groups is 4. The van der Waals surface area contributed by atoms with E-state index >= 15 is 0 Å². The number of epoxide rings is 1. The molecule has 1 saturated carbocycles. The maximum Gasteiger partial charge on any atom is 0.243 e. The van der Waals surface area contributed by atoms with E-state index in [-0.39, 0.29) is 36.6 Å². The number of methoxy groups -OCH3 is 1. The smallest absolute Gasteiger partial charge is 0.243 e. The van der Waals surface area contributed by atoms with Crippen LogP contribution in [0.15, 0.2) is 54.6 Å². The molecule has 4 atom stereocenters. The number of ether oxygens (including phenoxy) is 2. The van der Waals surface area contributed by atoms with E-state index in [0.29, 0.717) is 38.0 Å². The third kappa shape index (κ3) is 8.86. The maximum atomic E-state index is 13.6. The molecule has 0 bridgehead atoms. The second-order valence-corrected chi connectivity index (χ2v) is 10.8. The van der Waals surface area contributed by atoms with Gasteiger partial charge < -0.3 is 30.5 Å². The van der Waals surface area contributed by atoms with Crippen molar-refractivity contribution in [3.63, 3.8) is 0 Å². The van der Waals surface area contributed by atoms with Crippen LogP contribution in [-0.2, 0) is 36.8 Å². The molecule has 3 amide bonds. The highest BCUT2D eigenvalue weighted by Crippen LogP contribution is 2.24. The van der Waals surface area contributed by atoms with Gasteiger partial charge in [0.1, 0.15) is 23.9 Å². The minimum absolute atomic E-state index is 0.162. The SMILES string of the molecule is COc1ccc(C[C@H](NC(=O)[C@@H](C)NC(=O)C2CCC(O)CC2)C(=O)N[C@@H](Cc2ccccc2)C(=O)[C@H]2CO2)cc1. The normalized spacial score (nSPS) is 22.0. The number of nitrogens with one attached hydrogen (secondary N) is 3. The highest BCUT2D eigenvalue weighted by Gasteiger charge is 2.38. The molecule has 220 valence electrons. The molecule has 2 fully saturated rings. The first kappa shape index (κ1) is 30.2. The molecule has 4 rings (SSSR count). The number of amides is 3. The van der Waals surface area contributed by atoms with Crippen LogP contribution in [0.3, 0.4) is 0 Å². The number of rotatable bonds is 13. The van der Waals surface area contributed by atoms with E-state index in [4.69, 9.17) is 9.47 Å². The molecule has 1 aliphatic carbocycles. The highest BCUT2D eigenvalue weighted by molar-refractivity contribution is 5.96. The molecule has 41 heavy (non-hydrogen) atoms. The Morgan fingerprint density at radius 1 is 0.854 bits per heavy atom. The molecular formula is C31H39N3O7. The molecule has 2 aromatic rings. The molecule has 0 spiro atoms. The molecule has 2 aliphatic rings. The van der Waals surface area contributed by atoms with E-state index in [0.717, 1.165) is 11.1 Å². The molecule has 0 aromatic heterocycles. The van der Waals surface area contributed by atoms with Crippen molar-refractivity contribution in [2.75, 3.05) is 13.7 Å². The fraction of sp³-hybridized carbons (Fsp3) is 0.484. The second-order valence-electron chi connectivity index (χ2n) is 10.8. The third-order valence-corrected chi connectivity index (χ3v) is 7.64. The fourth-order valence-electron chi connectivity index (χ4n) is 5.02. The molecule has 1 aliphatic heterocycles. The molecule has 2 aromatic carbocycles. The van der Waals surface area contributed by atoms with Crippen LogP contribution in [0.25, 0.3) is 0 Å². The monoisotopic (exact) mass is 565 g/mol. The zero-order valence-corrected chi connectivity index (χ0v) is 23.5. The number of benzene rings is 2. The molecule has 0 radical (unpaired) electrons. The minimum atomic E-state index is -1.01. The quantitative estimate of drug-likeness (QED) is 0.269. The predicted octanol–water partition coefficient (Wildman–Crippen LogP) is 1.47. The van der Waals surface area contributed by atoms with Crippen LogP contribution >= 0.6 is 0 Å². The van der Waals surface area contributed by atoms with Gasteiger partial charge in [-0.05, 0) is 62.3 Å². The Balaban J connectivity index is 1.46. The summed E-state index contributed by atoms with van der Waals surface area (Å²) in [6, 6.07) is 13.8. The lowest BCUT2D eigenvalue weighted by atomic mass is 9.87. The van der Waals surface area contributed by atoms with E-state index in [1.165, 1.54) is 0 Å². The van der Waals surface area contributed by atoms with Crippen molar-refractivity contribution in [1.29, 1.82) is 0 Å². The second kappa shape index (κ2) is 14.2. The van der Waals surface area contributed by atoms with Gasteiger partial charge in [-0.25, -0.2) is 0 Å². The summed E-state index contributed by atoms with van der Waals surface area (Å²) in [6.07, 6.45) is 1.74. The summed E-state index contributed by atoms with van der Waals surface area (Å²) in [5.41, 5.74) is 1.66. The van der Waals surface area contributed by atoms with Gasteiger partial charge in [-0.15, -0.1) is 0 Å². The number of aliphatic hydroxyl groups excluding tert-OH is 1. The number of carbonyl (C=O) groups excluding carboxylic acids is 4. The van der Waals surface area contributed by atoms with Crippen molar-refractivity contribution in [3.8, 4) is 5.75 Å². The molecular weight excluding hydrogens is 526 g/mol. The van der Waals surface area contributed by atoms with E-state index in [2.05, 4.69) is 16.0 Å². The van der Waals surface area contributed by atoms with Crippen molar-refractivity contribution < 1.29 is 33.8 Å². The van der Waals surface area contributed by atoms with Gasteiger partial charge in [0.25, 0.3) is 0 Å². The summed E-state index contributed by atoms with van der Waals surface area (Å²) in [4.78, 5) is 52.6. The maximum absolute atomic E-state index is 13.6. The Morgan fingerprint density at radius 2 is 1.44 bits per heavy atom. The average Bonchev–Trinajstić information content (AvgIpc) is 3.83. The Kier molecular flexibility index (Phi) is 10.5. The summed E-state index contributed by atoms with van der Waals surface area (Å²) < 4.78 is 10.4. The van der Waals surface area contributed by atoms with E-state index in [1.54, 1.807) is 38.3 Å². The third-order valence-electron chi connectivity index (χ3n) is 7.64. The summed E-state index contributed by atoms with van der Waals surface area (Å²) in [6.45, 7) is 1.89. The van der Waals surface area contributed by atoms with Gasteiger partial charge in [0.15, 0.2) is 5.78 Å². The summed E-state index contributed by atoms with van der Waals surface area (Å²) in [5, 5.41) is 18.1. The molecule has 0 unspecified atom stereocenters. The first-order valence-corrected chi connectivity index (χ1v) is 14.1. The van der Waals surface area contributed by atoms with Gasteiger partial charge in [0, 0.05) is 12.3 Å². The van der Waals surface area contributed by atoms with Crippen molar-refractivity contribution >= 4 is 23.5 Å². The number of Topliss-reactive ketones (excluding diaryl/α,β-unsaturated/α-hetero) is 1. The van der Waals surface area contributed by atoms with Gasteiger partial charge in [-0.1, -0.05) is 42.5 Å². The first-order chi connectivity index (χ1) is 19.7. The highest BCUT2D eigenvalue weighted by atomic mass is 16.6. The van der Waals surface area contributed by atoms with Crippen molar-refractivity contribution in [1.82, 2.24) is 16.0 Å². The summed E-state index contributed by atoms with van der Waals surface area (Å²) >= 11 is 0. The Labute approximate surface area is 240 Å².